The van der Waals surface area contributed by atoms with Gasteiger partial charge in [0.25, 0.3) is 0 Å². The highest BCUT2D eigenvalue weighted by Gasteiger charge is 2.23. The van der Waals surface area contributed by atoms with Crippen LogP contribution in [0, 0.1) is 5.41 Å². The highest BCUT2D eigenvalue weighted by molar-refractivity contribution is 5.85. The molecule has 2 nitrogen and oxygen atoms in total. The molecule has 0 saturated heterocycles. The lowest BCUT2D eigenvalue weighted by atomic mass is 9.90. The van der Waals surface area contributed by atoms with Crippen molar-refractivity contribution in [3.8, 4) is 0 Å². The average Bonchev–Trinajstić information content (AvgIpc) is 2.01. The molecule has 14 heavy (non-hydrogen) atoms. The molecule has 84 valence electrons. The maximum atomic E-state index is 11.8. The molecule has 2 heteroatoms. The maximum Gasteiger partial charge on any atom is 0.152 e. The fourth-order valence-electron chi connectivity index (χ4n) is 1.23. The van der Waals surface area contributed by atoms with Crippen LogP contribution in [0.25, 0.3) is 0 Å². The van der Waals surface area contributed by atoms with Gasteiger partial charge in [0.15, 0.2) is 5.78 Å². The Bertz CT molecular complexity index is 179. The van der Waals surface area contributed by atoms with Crippen molar-refractivity contribution < 1.29 is 4.79 Å². The van der Waals surface area contributed by atoms with E-state index in [4.69, 9.17) is 0 Å². The predicted molar refractivity (Wildman–Crippen MR) is 61.5 cm³/mol. The number of nitrogens with zero attached hydrogens (tertiary/aromatic N) is 1. The molecule has 0 rings (SSSR count). The van der Waals surface area contributed by atoms with E-state index in [9.17, 15) is 4.79 Å². The molecule has 0 heterocycles. The molecule has 0 fully saturated rings. The number of rotatable bonds is 5. The van der Waals surface area contributed by atoms with E-state index in [1.165, 1.54) is 0 Å². The van der Waals surface area contributed by atoms with Crippen molar-refractivity contribution >= 4 is 5.78 Å². The second-order valence-corrected chi connectivity index (χ2v) is 5.24. The van der Waals surface area contributed by atoms with Gasteiger partial charge in [-0.2, -0.15) is 0 Å². The van der Waals surface area contributed by atoms with Crippen molar-refractivity contribution in [3.05, 3.63) is 0 Å². The summed E-state index contributed by atoms with van der Waals surface area (Å²) in [5, 5.41) is 0. The summed E-state index contributed by atoms with van der Waals surface area (Å²) in [6, 6.07) is 0.459. The molecule has 0 aliphatic rings. The Morgan fingerprint density at radius 2 is 1.79 bits per heavy atom. The molecule has 0 aromatic rings. The van der Waals surface area contributed by atoms with Crippen LogP contribution in [0.1, 0.15) is 48.0 Å². The first-order chi connectivity index (χ1) is 6.29. The SMILES string of the molecule is CCCN(CC(=O)C(C)(C)C)C(C)C. The third kappa shape index (κ3) is 4.75. The highest BCUT2D eigenvalue weighted by atomic mass is 16.1. The summed E-state index contributed by atoms with van der Waals surface area (Å²) >= 11 is 0. The van der Waals surface area contributed by atoms with Crippen molar-refractivity contribution in [1.29, 1.82) is 0 Å². The predicted octanol–water partition coefficient (Wildman–Crippen LogP) is 2.72. The standard InChI is InChI=1S/C12H25NO/c1-7-8-13(10(2)3)9-11(14)12(4,5)6/h10H,7-9H2,1-6H3. The molecule has 0 atom stereocenters. The monoisotopic (exact) mass is 199 g/mol. The minimum Gasteiger partial charge on any atom is -0.298 e. The molecule has 0 radical (unpaired) electrons. The number of ketones is 1. The number of Topliss-reactive ketones (excluding diaryl/α,β-unsaturated/α-hetero) is 1. The lowest BCUT2D eigenvalue weighted by Crippen LogP contribution is -2.40. The number of carbonyl (C=O) groups excluding carboxylic acids is 1. The largest absolute Gasteiger partial charge is 0.298 e. The van der Waals surface area contributed by atoms with E-state index in [-0.39, 0.29) is 5.41 Å². The zero-order chi connectivity index (χ0) is 11.4. The minimum atomic E-state index is -0.207. The lowest BCUT2D eigenvalue weighted by Gasteiger charge is -2.28. The fourth-order valence-corrected chi connectivity index (χ4v) is 1.23. The van der Waals surface area contributed by atoms with Gasteiger partial charge in [-0.1, -0.05) is 27.7 Å². The van der Waals surface area contributed by atoms with E-state index in [2.05, 4.69) is 25.7 Å². The zero-order valence-electron chi connectivity index (χ0n) is 10.6. The van der Waals surface area contributed by atoms with Gasteiger partial charge in [-0.3, -0.25) is 9.69 Å². The molecule has 0 aromatic heterocycles. The molecule has 0 unspecified atom stereocenters. The molecule has 0 bridgehead atoms. The summed E-state index contributed by atoms with van der Waals surface area (Å²) < 4.78 is 0. The molecular weight excluding hydrogens is 174 g/mol. The van der Waals surface area contributed by atoms with Crippen LogP contribution in [0.3, 0.4) is 0 Å². The van der Waals surface area contributed by atoms with Gasteiger partial charge in [-0.05, 0) is 26.8 Å². The number of carbonyl (C=O) groups is 1. The first-order valence-electron chi connectivity index (χ1n) is 5.56. The van der Waals surface area contributed by atoms with Crippen molar-refractivity contribution in [3.63, 3.8) is 0 Å². The molecule has 0 N–H and O–H groups in total. The third-order valence-corrected chi connectivity index (χ3v) is 2.42. The van der Waals surface area contributed by atoms with E-state index >= 15 is 0 Å². The van der Waals surface area contributed by atoms with Gasteiger partial charge in [0.05, 0.1) is 6.54 Å². The van der Waals surface area contributed by atoms with Crippen LogP contribution in [0.2, 0.25) is 0 Å². The second-order valence-electron chi connectivity index (χ2n) is 5.24. The quantitative estimate of drug-likeness (QED) is 0.678. The summed E-state index contributed by atoms with van der Waals surface area (Å²) in [6.07, 6.45) is 1.11. The summed E-state index contributed by atoms with van der Waals surface area (Å²) in [6.45, 7) is 14.0. The first kappa shape index (κ1) is 13.6. The maximum absolute atomic E-state index is 11.8. The second kappa shape index (κ2) is 5.50. The van der Waals surface area contributed by atoms with Crippen molar-refractivity contribution in [1.82, 2.24) is 4.90 Å². The van der Waals surface area contributed by atoms with Crippen molar-refractivity contribution in [2.45, 2.75) is 54.0 Å². The topological polar surface area (TPSA) is 20.3 Å². The summed E-state index contributed by atoms with van der Waals surface area (Å²) in [5.41, 5.74) is -0.207. The van der Waals surface area contributed by atoms with Crippen LogP contribution < -0.4 is 0 Å². The molecule has 0 aliphatic carbocycles. The summed E-state index contributed by atoms with van der Waals surface area (Å²) in [4.78, 5) is 14.1. The molecule has 0 spiro atoms. The summed E-state index contributed by atoms with van der Waals surface area (Å²) in [5.74, 6) is 0.333. The molecule has 0 amide bonds. The normalized spacial score (nSPS) is 12.6. The lowest BCUT2D eigenvalue weighted by molar-refractivity contribution is -0.127. The average molecular weight is 199 g/mol. The minimum absolute atomic E-state index is 0.207. The van der Waals surface area contributed by atoms with Crippen LogP contribution in [-0.4, -0.2) is 29.8 Å². The van der Waals surface area contributed by atoms with Crippen LogP contribution in [0.15, 0.2) is 0 Å². The third-order valence-electron chi connectivity index (χ3n) is 2.42. The smallest absolute Gasteiger partial charge is 0.152 e. The zero-order valence-corrected chi connectivity index (χ0v) is 10.6. The van der Waals surface area contributed by atoms with Crippen molar-refractivity contribution in [2.24, 2.45) is 5.41 Å². The van der Waals surface area contributed by atoms with Crippen LogP contribution in [0.5, 0.6) is 0 Å². The van der Waals surface area contributed by atoms with Gasteiger partial charge in [-0.25, -0.2) is 0 Å². The van der Waals surface area contributed by atoms with Gasteiger partial charge >= 0.3 is 0 Å². The van der Waals surface area contributed by atoms with Gasteiger partial charge < -0.3 is 0 Å². The Morgan fingerprint density at radius 3 is 2.07 bits per heavy atom. The Labute approximate surface area is 88.7 Å². The molecule has 0 aromatic carbocycles. The number of hydrogen-bond donors (Lipinski definition) is 0. The van der Waals surface area contributed by atoms with Gasteiger partial charge in [-0.15, -0.1) is 0 Å². The van der Waals surface area contributed by atoms with Crippen LogP contribution >= 0.6 is 0 Å². The Morgan fingerprint density at radius 1 is 1.29 bits per heavy atom. The fraction of sp³-hybridized carbons (Fsp3) is 0.917. The Kier molecular flexibility index (Phi) is 5.35. The van der Waals surface area contributed by atoms with E-state index < -0.39 is 0 Å². The van der Waals surface area contributed by atoms with E-state index in [1.54, 1.807) is 0 Å². The Hall–Kier alpha value is -0.370. The molecule has 0 saturated carbocycles. The number of hydrogen-bond acceptors (Lipinski definition) is 2. The van der Waals surface area contributed by atoms with E-state index in [1.807, 2.05) is 20.8 Å². The highest BCUT2D eigenvalue weighted by Crippen LogP contribution is 2.16. The van der Waals surface area contributed by atoms with Crippen LogP contribution in [-0.2, 0) is 4.79 Å². The molecular formula is C12H25NO. The van der Waals surface area contributed by atoms with Gasteiger partial charge in [0.1, 0.15) is 0 Å². The first-order valence-corrected chi connectivity index (χ1v) is 5.56. The van der Waals surface area contributed by atoms with E-state index in [0.717, 1.165) is 13.0 Å². The van der Waals surface area contributed by atoms with E-state index in [0.29, 0.717) is 18.4 Å². The van der Waals surface area contributed by atoms with Crippen LogP contribution in [0.4, 0.5) is 0 Å². The van der Waals surface area contributed by atoms with Crippen molar-refractivity contribution in [2.75, 3.05) is 13.1 Å². The van der Waals surface area contributed by atoms with Gasteiger partial charge in [0, 0.05) is 11.5 Å². The van der Waals surface area contributed by atoms with Gasteiger partial charge in [0.2, 0.25) is 0 Å². The summed E-state index contributed by atoms with van der Waals surface area (Å²) in [7, 11) is 0. The Balaban J connectivity index is 4.24. The molecule has 0 aliphatic heterocycles.